The van der Waals surface area contributed by atoms with Crippen molar-refractivity contribution in [3.63, 3.8) is 0 Å². The van der Waals surface area contributed by atoms with Crippen LogP contribution >= 0.6 is 23.2 Å². The van der Waals surface area contributed by atoms with Crippen molar-refractivity contribution in [2.45, 2.75) is 39.5 Å². The van der Waals surface area contributed by atoms with Crippen LogP contribution in [-0.2, 0) is 6.42 Å². The van der Waals surface area contributed by atoms with E-state index in [1.165, 1.54) is 0 Å². The van der Waals surface area contributed by atoms with E-state index >= 15 is 0 Å². The zero-order chi connectivity index (χ0) is 10.7. The molecule has 0 saturated carbocycles. The molecule has 1 atom stereocenters. The van der Waals surface area contributed by atoms with Crippen molar-refractivity contribution in [1.29, 1.82) is 0 Å². The van der Waals surface area contributed by atoms with E-state index in [2.05, 4.69) is 23.8 Å². The van der Waals surface area contributed by atoms with Gasteiger partial charge in [-0.25, -0.2) is 9.97 Å². The molecule has 2 nitrogen and oxygen atoms in total. The fraction of sp³-hybridized carbons (Fsp3) is 0.600. The summed E-state index contributed by atoms with van der Waals surface area (Å²) in [5.74, 6) is 1.04. The maximum absolute atomic E-state index is 6.00. The van der Waals surface area contributed by atoms with Crippen LogP contribution in [0.3, 0.4) is 0 Å². The van der Waals surface area contributed by atoms with Crippen LogP contribution in [0, 0.1) is 0 Å². The smallest absolute Gasteiger partial charge is 0.137 e. The third-order valence-corrected chi connectivity index (χ3v) is 2.96. The standard InChI is InChI=1S/C10H14Cl2N2/c1-4-6(3)10-13-8(11)7(5-2)9(12)14-10/h6H,4-5H2,1-3H3. The van der Waals surface area contributed by atoms with Crippen LogP contribution in [0.5, 0.6) is 0 Å². The zero-order valence-electron chi connectivity index (χ0n) is 8.64. The minimum Gasteiger partial charge on any atom is -0.221 e. The van der Waals surface area contributed by atoms with Crippen molar-refractivity contribution in [2.75, 3.05) is 0 Å². The maximum Gasteiger partial charge on any atom is 0.137 e. The first-order valence-electron chi connectivity index (χ1n) is 4.81. The van der Waals surface area contributed by atoms with Crippen molar-refractivity contribution in [1.82, 2.24) is 9.97 Å². The van der Waals surface area contributed by atoms with Crippen LogP contribution in [0.15, 0.2) is 0 Å². The second-order valence-electron chi connectivity index (χ2n) is 3.30. The van der Waals surface area contributed by atoms with E-state index in [-0.39, 0.29) is 0 Å². The van der Waals surface area contributed by atoms with Gasteiger partial charge in [-0.1, -0.05) is 44.0 Å². The van der Waals surface area contributed by atoms with Crippen LogP contribution in [0.4, 0.5) is 0 Å². The molecule has 0 aromatic carbocycles. The molecule has 0 bridgehead atoms. The molecule has 1 aromatic rings. The van der Waals surface area contributed by atoms with E-state index in [9.17, 15) is 0 Å². The largest absolute Gasteiger partial charge is 0.221 e. The molecule has 0 aliphatic rings. The normalized spacial score (nSPS) is 12.9. The number of aromatic nitrogens is 2. The summed E-state index contributed by atoms with van der Waals surface area (Å²) in [6.07, 6.45) is 1.75. The van der Waals surface area contributed by atoms with Crippen molar-refractivity contribution >= 4 is 23.2 Å². The number of rotatable bonds is 3. The van der Waals surface area contributed by atoms with E-state index in [1.807, 2.05) is 6.92 Å². The topological polar surface area (TPSA) is 25.8 Å². The molecule has 0 spiro atoms. The molecule has 78 valence electrons. The fourth-order valence-electron chi connectivity index (χ4n) is 1.14. The van der Waals surface area contributed by atoms with Crippen molar-refractivity contribution in [3.05, 3.63) is 21.7 Å². The molecule has 1 aromatic heterocycles. The Balaban J connectivity index is 3.13. The van der Waals surface area contributed by atoms with Gasteiger partial charge in [0.25, 0.3) is 0 Å². The quantitative estimate of drug-likeness (QED) is 0.741. The number of hydrogen-bond donors (Lipinski definition) is 0. The van der Waals surface area contributed by atoms with Gasteiger partial charge in [0, 0.05) is 11.5 Å². The number of nitrogens with zero attached hydrogens (tertiary/aromatic N) is 2. The third kappa shape index (κ3) is 2.37. The molecule has 0 radical (unpaired) electrons. The Morgan fingerprint density at radius 2 is 1.64 bits per heavy atom. The lowest BCUT2D eigenvalue weighted by molar-refractivity contribution is 0.676. The van der Waals surface area contributed by atoms with Crippen LogP contribution in [0.25, 0.3) is 0 Å². The minimum absolute atomic E-state index is 0.302. The van der Waals surface area contributed by atoms with Crippen LogP contribution in [0.1, 0.15) is 44.5 Å². The van der Waals surface area contributed by atoms with Gasteiger partial charge in [-0.05, 0) is 12.8 Å². The first-order valence-corrected chi connectivity index (χ1v) is 5.57. The first kappa shape index (κ1) is 11.7. The van der Waals surface area contributed by atoms with Gasteiger partial charge >= 0.3 is 0 Å². The summed E-state index contributed by atoms with van der Waals surface area (Å²) < 4.78 is 0. The van der Waals surface area contributed by atoms with E-state index < -0.39 is 0 Å². The van der Waals surface area contributed by atoms with Crippen molar-refractivity contribution < 1.29 is 0 Å². The Bertz CT molecular complexity index is 303. The Hall–Kier alpha value is -0.340. The minimum atomic E-state index is 0.302. The predicted molar refractivity (Wildman–Crippen MR) is 60.1 cm³/mol. The van der Waals surface area contributed by atoms with Gasteiger partial charge in [0.15, 0.2) is 0 Å². The lowest BCUT2D eigenvalue weighted by Gasteiger charge is -2.10. The average Bonchev–Trinajstić information content (AvgIpc) is 2.16. The van der Waals surface area contributed by atoms with E-state index in [0.29, 0.717) is 16.2 Å². The molecular weight excluding hydrogens is 219 g/mol. The van der Waals surface area contributed by atoms with Crippen molar-refractivity contribution in [3.8, 4) is 0 Å². The second kappa shape index (κ2) is 4.94. The second-order valence-corrected chi connectivity index (χ2v) is 4.02. The summed E-state index contributed by atoms with van der Waals surface area (Å²) in [5.41, 5.74) is 0.834. The predicted octanol–water partition coefficient (Wildman–Crippen LogP) is 3.86. The molecule has 0 fully saturated rings. The summed E-state index contributed by atoms with van der Waals surface area (Å²) >= 11 is 12.0. The lowest BCUT2D eigenvalue weighted by Crippen LogP contribution is -2.03. The van der Waals surface area contributed by atoms with E-state index in [1.54, 1.807) is 0 Å². The Kier molecular flexibility index (Phi) is 4.14. The lowest BCUT2D eigenvalue weighted by atomic mass is 10.1. The highest BCUT2D eigenvalue weighted by Crippen LogP contribution is 2.25. The average molecular weight is 233 g/mol. The zero-order valence-corrected chi connectivity index (χ0v) is 10.2. The van der Waals surface area contributed by atoms with E-state index in [0.717, 1.165) is 24.2 Å². The molecule has 4 heteroatoms. The molecule has 1 rings (SSSR count). The van der Waals surface area contributed by atoms with Gasteiger partial charge in [0.2, 0.25) is 0 Å². The number of hydrogen-bond acceptors (Lipinski definition) is 2. The molecule has 0 N–H and O–H groups in total. The molecular formula is C10H14Cl2N2. The molecule has 14 heavy (non-hydrogen) atoms. The highest BCUT2D eigenvalue weighted by atomic mass is 35.5. The highest BCUT2D eigenvalue weighted by Gasteiger charge is 2.13. The van der Waals surface area contributed by atoms with Gasteiger partial charge in [-0.15, -0.1) is 0 Å². The molecule has 0 aliphatic heterocycles. The third-order valence-electron chi connectivity index (χ3n) is 2.33. The highest BCUT2D eigenvalue weighted by molar-refractivity contribution is 6.34. The first-order chi connectivity index (χ1) is 6.60. The monoisotopic (exact) mass is 232 g/mol. The molecule has 0 saturated heterocycles. The molecule has 1 unspecified atom stereocenters. The van der Waals surface area contributed by atoms with Crippen molar-refractivity contribution in [2.24, 2.45) is 0 Å². The summed E-state index contributed by atoms with van der Waals surface area (Å²) in [6, 6.07) is 0. The number of halogens is 2. The summed E-state index contributed by atoms with van der Waals surface area (Å²) in [6.45, 7) is 6.14. The molecule has 0 aliphatic carbocycles. The van der Waals surface area contributed by atoms with Gasteiger partial charge < -0.3 is 0 Å². The van der Waals surface area contributed by atoms with Crippen LogP contribution < -0.4 is 0 Å². The Morgan fingerprint density at radius 1 is 1.14 bits per heavy atom. The van der Waals surface area contributed by atoms with Crippen LogP contribution in [0.2, 0.25) is 10.3 Å². The fourth-order valence-corrected chi connectivity index (χ4v) is 1.81. The Morgan fingerprint density at radius 3 is 2.00 bits per heavy atom. The maximum atomic E-state index is 6.00. The van der Waals surface area contributed by atoms with Gasteiger partial charge in [0.05, 0.1) is 0 Å². The summed E-state index contributed by atoms with van der Waals surface area (Å²) in [4.78, 5) is 8.49. The summed E-state index contributed by atoms with van der Waals surface area (Å²) in [7, 11) is 0. The van der Waals surface area contributed by atoms with Gasteiger partial charge in [0.1, 0.15) is 16.1 Å². The molecule has 1 heterocycles. The Labute approximate surface area is 94.7 Å². The van der Waals surface area contributed by atoms with E-state index in [4.69, 9.17) is 23.2 Å². The van der Waals surface area contributed by atoms with Crippen LogP contribution in [-0.4, -0.2) is 9.97 Å². The van der Waals surface area contributed by atoms with Gasteiger partial charge in [-0.2, -0.15) is 0 Å². The molecule has 0 amide bonds. The SMILES string of the molecule is CCc1c(Cl)nc(C(C)CC)nc1Cl. The van der Waals surface area contributed by atoms with Gasteiger partial charge in [-0.3, -0.25) is 0 Å². The summed E-state index contributed by atoms with van der Waals surface area (Å²) in [5, 5.41) is 0.977.